The molecule has 0 aliphatic carbocycles. The van der Waals surface area contributed by atoms with E-state index in [4.69, 9.17) is 33.2 Å². The number of nitrogens with zero attached hydrogens (tertiary/aromatic N) is 2. The van der Waals surface area contributed by atoms with E-state index >= 15 is 0 Å². The molecule has 0 spiro atoms. The van der Waals surface area contributed by atoms with Crippen LogP contribution in [0, 0.1) is 10.1 Å². The number of hydrogen-bond acceptors (Lipinski definition) is 11. The average Bonchev–Trinajstić information content (AvgIpc) is 3.39. The molecule has 0 fully saturated rings. The van der Waals surface area contributed by atoms with E-state index in [1.165, 1.54) is 6.07 Å². The molecule has 0 N–H and O–H groups in total. The lowest BCUT2D eigenvalue weighted by Crippen LogP contribution is -2.35. The van der Waals surface area contributed by atoms with Gasteiger partial charge in [-0.15, -0.1) is 0 Å². The van der Waals surface area contributed by atoms with Gasteiger partial charge in [0.1, 0.15) is 62.0 Å². The van der Waals surface area contributed by atoms with Crippen LogP contribution in [-0.2, 0) is 44.2 Å². The van der Waals surface area contributed by atoms with E-state index < -0.39 is 28.9 Å². The smallest absolute Gasteiger partial charge is 0.406 e. The number of fused-ring (bicyclic) bond motifs is 1. The quantitative estimate of drug-likeness (QED) is 0.0435. The fourth-order valence-electron chi connectivity index (χ4n) is 7.63. The Morgan fingerprint density at radius 2 is 1.01 bits per heavy atom. The van der Waals surface area contributed by atoms with E-state index in [9.17, 15) is 14.9 Å². The molecule has 0 amide bonds. The first kappa shape index (κ1) is 44.6. The van der Waals surface area contributed by atoms with Gasteiger partial charge in [-0.05, 0) is 49.9 Å². The first-order valence-corrected chi connectivity index (χ1v) is 22.1. The molecule has 0 bridgehead atoms. The Hall–Kier alpha value is -8.64. The number of rotatable bonds is 19. The van der Waals surface area contributed by atoms with Gasteiger partial charge in [-0.25, -0.2) is 4.79 Å². The predicted molar refractivity (Wildman–Crippen MR) is 254 cm³/mol. The highest BCUT2D eigenvalue weighted by atomic mass is 16.6. The summed E-state index contributed by atoms with van der Waals surface area (Å²) in [6, 6.07) is 58.8. The molecule has 12 nitrogen and oxygen atoms in total. The van der Waals surface area contributed by atoms with Crippen molar-refractivity contribution in [3.8, 4) is 34.5 Å². The van der Waals surface area contributed by atoms with Gasteiger partial charge in [0, 0.05) is 35.7 Å². The van der Waals surface area contributed by atoms with E-state index in [-0.39, 0.29) is 37.6 Å². The number of carbonyl (C=O) groups is 1. The lowest BCUT2D eigenvalue weighted by molar-refractivity contribution is -0.390. The van der Waals surface area contributed by atoms with Crippen molar-refractivity contribution in [1.82, 2.24) is 4.98 Å². The van der Waals surface area contributed by atoms with Crippen LogP contribution in [0.5, 0.6) is 34.5 Å². The standard InChI is InChI=1S/C56H46N2O10/c59-56(45-29-53(55(57-33-45)58(60)61)66-38-43-24-14-5-15-25-43)68-52-32-47-49(64-36-41-20-10-3-11-21-41)30-46(62-34-39-16-6-1-7-17-39)31-50(47)67-54(52)44-26-27-48(63-35-40-18-8-2-9-19-40)51(28-44)65-37-42-22-12-4-13-23-42/h1-31,33,52,54H,32,34-38H2/t52-,54+/m0/s1. The highest BCUT2D eigenvalue weighted by Crippen LogP contribution is 2.45. The molecule has 7 aromatic carbocycles. The number of ether oxygens (including phenoxy) is 7. The topological polar surface area (TPSA) is 138 Å². The van der Waals surface area contributed by atoms with Crippen molar-refractivity contribution in [2.24, 2.45) is 0 Å². The molecule has 12 heteroatoms. The third-order valence-electron chi connectivity index (χ3n) is 11.1. The number of aromatic nitrogens is 1. The van der Waals surface area contributed by atoms with Crippen molar-refractivity contribution < 1.29 is 42.9 Å². The summed E-state index contributed by atoms with van der Waals surface area (Å²) in [6.45, 7) is 1.11. The molecule has 9 rings (SSSR count). The summed E-state index contributed by atoms with van der Waals surface area (Å²) in [5, 5.41) is 12.0. The summed E-state index contributed by atoms with van der Waals surface area (Å²) in [5.41, 5.74) is 5.87. The zero-order chi connectivity index (χ0) is 46.5. The Morgan fingerprint density at radius 1 is 0.544 bits per heavy atom. The van der Waals surface area contributed by atoms with Gasteiger partial charge < -0.3 is 43.3 Å². The minimum atomic E-state index is -0.966. The number of carbonyl (C=O) groups excluding carboxylic acids is 1. The highest BCUT2D eigenvalue weighted by molar-refractivity contribution is 5.90. The SMILES string of the molecule is O=C(O[C@H]1Cc2c(OCc3ccccc3)cc(OCc3ccccc3)cc2O[C@@H]1c1ccc(OCc2ccccc2)c(OCc2ccccc2)c1)c1cnc([N+](=O)[O-])c(OCc2ccccc2)c1. The van der Waals surface area contributed by atoms with Gasteiger partial charge in [-0.2, -0.15) is 0 Å². The molecule has 0 radical (unpaired) electrons. The van der Waals surface area contributed by atoms with E-state index in [0.29, 0.717) is 53.1 Å². The molecule has 1 aromatic heterocycles. The van der Waals surface area contributed by atoms with Crippen LogP contribution in [0.3, 0.4) is 0 Å². The monoisotopic (exact) mass is 906 g/mol. The maximum absolute atomic E-state index is 14.3. The molecule has 68 heavy (non-hydrogen) atoms. The van der Waals surface area contributed by atoms with Crippen LogP contribution in [0.25, 0.3) is 0 Å². The average molecular weight is 907 g/mol. The molecule has 2 heterocycles. The Bertz CT molecular complexity index is 2940. The maximum atomic E-state index is 14.3. The largest absolute Gasteiger partial charge is 0.489 e. The van der Waals surface area contributed by atoms with E-state index in [2.05, 4.69) is 4.98 Å². The summed E-state index contributed by atoms with van der Waals surface area (Å²) in [6.07, 6.45) is -0.604. The number of nitro groups is 1. The zero-order valence-corrected chi connectivity index (χ0v) is 36.8. The van der Waals surface area contributed by atoms with Crippen molar-refractivity contribution in [1.29, 1.82) is 0 Å². The Kier molecular flexibility index (Phi) is 14.1. The second-order valence-corrected chi connectivity index (χ2v) is 16.0. The van der Waals surface area contributed by atoms with Crippen LogP contribution in [0.1, 0.15) is 55.4 Å². The fraction of sp³-hybridized carbons (Fsp3) is 0.143. The van der Waals surface area contributed by atoms with Gasteiger partial charge in [0.25, 0.3) is 0 Å². The second-order valence-electron chi connectivity index (χ2n) is 16.0. The summed E-state index contributed by atoms with van der Waals surface area (Å²) in [7, 11) is 0. The zero-order valence-electron chi connectivity index (χ0n) is 36.8. The highest BCUT2D eigenvalue weighted by Gasteiger charge is 2.38. The van der Waals surface area contributed by atoms with E-state index in [1.54, 1.807) is 0 Å². The van der Waals surface area contributed by atoms with Crippen molar-refractivity contribution in [3.05, 3.63) is 249 Å². The Labute approximate surface area is 393 Å². The first-order valence-electron chi connectivity index (χ1n) is 22.1. The summed E-state index contributed by atoms with van der Waals surface area (Å²) < 4.78 is 44.9. The van der Waals surface area contributed by atoms with Crippen LogP contribution in [0.4, 0.5) is 5.82 Å². The molecule has 340 valence electrons. The summed E-state index contributed by atoms with van der Waals surface area (Å²) >= 11 is 0. The molecule has 0 unspecified atom stereocenters. The van der Waals surface area contributed by atoms with Crippen molar-refractivity contribution in [3.63, 3.8) is 0 Å². The molecular weight excluding hydrogens is 861 g/mol. The Balaban J connectivity index is 1.08. The van der Waals surface area contributed by atoms with Gasteiger partial charge >= 0.3 is 11.8 Å². The third kappa shape index (κ3) is 11.4. The predicted octanol–water partition coefficient (Wildman–Crippen LogP) is 11.8. The molecule has 0 saturated carbocycles. The van der Waals surface area contributed by atoms with Gasteiger partial charge in [-0.3, -0.25) is 0 Å². The lowest BCUT2D eigenvalue weighted by atomic mass is 9.93. The summed E-state index contributed by atoms with van der Waals surface area (Å²) in [5.74, 6) is 0.923. The number of pyridine rings is 1. The maximum Gasteiger partial charge on any atom is 0.406 e. The van der Waals surface area contributed by atoms with Crippen molar-refractivity contribution >= 4 is 11.8 Å². The second kappa shape index (κ2) is 21.6. The number of benzene rings is 7. The summed E-state index contributed by atoms with van der Waals surface area (Å²) in [4.78, 5) is 29.7. The molecule has 8 aromatic rings. The fourth-order valence-corrected chi connectivity index (χ4v) is 7.63. The molecule has 2 atom stereocenters. The van der Waals surface area contributed by atoms with Gasteiger partial charge in [0.15, 0.2) is 23.8 Å². The van der Waals surface area contributed by atoms with E-state index in [0.717, 1.165) is 34.0 Å². The Morgan fingerprint density at radius 3 is 1.53 bits per heavy atom. The molecule has 0 saturated heterocycles. The van der Waals surface area contributed by atoms with Crippen LogP contribution in [-0.4, -0.2) is 22.0 Å². The van der Waals surface area contributed by atoms with Gasteiger partial charge in [0.05, 0.1) is 0 Å². The first-order chi connectivity index (χ1) is 33.4. The van der Waals surface area contributed by atoms with Crippen molar-refractivity contribution in [2.45, 2.75) is 51.7 Å². The van der Waals surface area contributed by atoms with Gasteiger partial charge in [-0.1, -0.05) is 158 Å². The third-order valence-corrected chi connectivity index (χ3v) is 11.1. The van der Waals surface area contributed by atoms with Crippen molar-refractivity contribution in [2.75, 3.05) is 0 Å². The number of hydrogen-bond donors (Lipinski definition) is 0. The van der Waals surface area contributed by atoms with Crippen LogP contribution in [0.2, 0.25) is 0 Å². The molecule has 1 aliphatic heterocycles. The van der Waals surface area contributed by atoms with E-state index in [1.807, 2.05) is 182 Å². The minimum Gasteiger partial charge on any atom is -0.489 e. The minimum absolute atomic E-state index is 0.0136. The van der Waals surface area contributed by atoms with Crippen LogP contribution in [0.15, 0.2) is 194 Å². The van der Waals surface area contributed by atoms with Crippen LogP contribution < -0.4 is 28.4 Å². The molecular formula is C56H46N2O10. The molecule has 1 aliphatic rings. The van der Waals surface area contributed by atoms with Gasteiger partial charge in [0.2, 0.25) is 5.75 Å². The van der Waals surface area contributed by atoms with Crippen LogP contribution >= 0.6 is 0 Å². The number of esters is 1. The normalized spacial score (nSPS) is 13.8. The lowest BCUT2D eigenvalue weighted by Gasteiger charge is -2.35.